The van der Waals surface area contributed by atoms with Crippen LogP contribution in [-0.2, 0) is 5.41 Å². The number of furan rings is 1. The van der Waals surface area contributed by atoms with Crippen LogP contribution in [0.1, 0.15) is 41.8 Å². The fourth-order valence-corrected chi connectivity index (χ4v) is 5.05. The summed E-state index contributed by atoms with van der Waals surface area (Å²) in [6, 6.07) is 15.2. The Bertz CT molecular complexity index is 1540. The van der Waals surface area contributed by atoms with Crippen molar-refractivity contribution in [2.24, 2.45) is 0 Å². The fourth-order valence-electron chi connectivity index (χ4n) is 5.05. The number of nitrogens with zero attached hydrogens (tertiary/aromatic N) is 2. The molecule has 0 aliphatic heterocycles. The molecule has 0 spiro atoms. The van der Waals surface area contributed by atoms with Crippen molar-refractivity contribution in [1.82, 2.24) is 9.97 Å². The van der Waals surface area contributed by atoms with Gasteiger partial charge in [0.15, 0.2) is 0 Å². The molecule has 0 unspecified atom stereocenters. The van der Waals surface area contributed by atoms with E-state index in [1.807, 2.05) is 18.5 Å². The number of hydrogen-bond acceptors (Lipinski definition) is 3. The number of hydrogen-bond donors (Lipinski definition) is 0. The van der Waals surface area contributed by atoms with Gasteiger partial charge in [0.05, 0.1) is 11.4 Å². The molecular formula is C28H24N2O. The Balaban J connectivity index is 1.68. The maximum atomic E-state index is 6.54. The largest absolute Gasteiger partial charge is 0.455 e. The molecular weight excluding hydrogens is 380 g/mol. The van der Waals surface area contributed by atoms with Crippen LogP contribution in [0.3, 0.4) is 0 Å². The summed E-state index contributed by atoms with van der Waals surface area (Å²) >= 11 is 0. The highest BCUT2D eigenvalue weighted by atomic mass is 16.3. The summed E-state index contributed by atoms with van der Waals surface area (Å²) in [6.45, 7) is 10.9. The lowest BCUT2D eigenvalue weighted by Gasteiger charge is -2.19. The van der Waals surface area contributed by atoms with Gasteiger partial charge in [0, 0.05) is 39.7 Å². The topological polar surface area (TPSA) is 38.9 Å². The van der Waals surface area contributed by atoms with Gasteiger partial charge in [0.25, 0.3) is 0 Å². The predicted molar refractivity (Wildman–Crippen MR) is 127 cm³/mol. The van der Waals surface area contributed by atoms with Gasteiger partial charge >= 0.3 is 0 Å². The maximum absolute atomic E-state index is 6.54. The lowest BCUT2D eigenvalue weighted by molar-refractivity contribution is 0.636. The Labute approximate surface area is 181 Å². The van der Waals surface area contributed by atoms with Gasteiger partial charge in [-0.15, -0.1) is 0 Å². The molecule has 0 fully saturated rings. The highest BCUT2D eigenvalue weighted by Gasteiger charge is 2.37. The highest BCUT2D eigenvalue weighted by Crippen LogP contribution is 2.50. The van der Waals surface area contributed by atoms with Crippen LogP contribution < -0.4 is 0 Å². The molecule has 3 nitrogen and oxygen atoms in total. The van der Waals surface area contributed by atoms with E-state index < -0.39 is 0 Å². The monoisotopic (exact) mass is 404 g/mol. The molecule has 1 aliphatic carbocycles. The second kappa shape index (κ2) is 6.04. The molecule has 31 heavy (non-hydrogen) atoms. The van der Waals surface area contributed by atoms with Crippen LogP contribution in [0.4, 0.5) is 0 Å². The van der Waals surface area contributed by atoms with E-state index in [0.29, 0.717) is 0 Å². The average Bonchev–Trinajstić information content (AvgIpc) is 3.22. The highest BCUT2D eigenvalue weighted by molar-refractivity contribution is 6.11. The van der Waals surface area contributed by atoms with Gasteiger partial charge in [0.2, 0.25) is 0 Å². The first-order valence-electron chi connectivity index (χ1n) is 10.8. The van der Waals surface area contributed by atoms with Gasteiger partial charge in [-0.2, -0.15) is 0 Å². The summed E-state index contributed by atoms with van der Waals surface area (Å²) < 4.78 is 6.54. The summed E-state index contributed by atoms with van der Waals surface area (Å²) in [5.41, 5.74) is 12.2. The van der Waals surface area contributed by atoms with Gasteiger partial charge in [-0.25, -0.2) is 0 Å². The molecule has 0 saturated carbocycles. The van der Waals surface area contributed by atoms with Crippen LogP contribution in [0.15, 0.2) is 59.3 Å². The minimum absolute atomic E-state index is 0.132. The Morgan fingerprint density at radius 3 is 2.45 bits per heavy atom. The fraction of sp³-hybridized carbons (Fsp3) is 0.214. The molecule has 1 aliphatic rings. The number of fused-ring (bicyclic) bond motifs is 6. The first kappa shape index (κ1) is 18.3. The summed E-state index contributed by atoms with van der Waals surface area (Å²) in [4.78, 5) is 9.44. The van der Waals surface area contributed by atoms with Crippen molar-refractivity contribution in [2.75, 3.05) is 0 Å². The van der Waals surface area contributed by atoms with Gasteiger partial charge in [0.1, 0.15) is 11.2 Å². The van der Waals surface area contributed by atoms with E-state index in [9.17, 15) is 0 Å². The van der Waals surface area contributed by atoms with E-state index in [2.05, 4.69) is 71.0 Å². The molecule has 0 bridgehead atoms. The molecule has 6 rings (SSSR count). The Kier molecular flexibility index (Phi) is 3.57. The number of pyridine rings is 2. The summed E-state index contributed by atoms with van der Waals surface area (Å²) in [7, 11) is 0. The van der Waals surface area contributed by atoms with Crippen LogP contribution in [0.5, 0.6) is 0 Å². The van der Waals surface area contributed by atoms with Gasteiger partial charge in [-0.1, -0.05) is 32.0 Å². The number of aryl methyl sites for hydroxylation is 3. The predicted octanol–water partition coefficient (Wildman–Crippen LogP) is 7.27. The van der Waals surface area contributed by atoms with Crippen molar-refractivity contribution in [3.05, 3.63) is 82.8 Å². The summed E-state index contributed by atoms with van der Waals surface area (Å²) in [5.74, 6) is 0. The van der Waals surface area contributed by atoms with Crippen LogP contribution in [-0.4, -0.2) is 9.97 Å². The van der Waals surface area contributed by atoms with Crippen molar-refractivity contribution in [2.45, 2.75) is 40.0 Å². The second-order valence-electron chi connectivity index (χ2n) is 9.31. The Morgan fingerprint density at radius 2 is 1.65 bits per heavy atom. The minimum Gasteiger partial charge on any atom is -0.455 e. The standard InChI is InChI=1S/C28H24N2O/c1-15-8-9-18-21-12-22-20(19-7-6-10-29-27(19)28(22,4)5)13-24(21)31-26(18)25(15)23-11-16(2)17(3)14-30-23/h6-14H,1-5H3. The van der Waals surface area contributed by atoms with E-state index in [1.54, 1.807) is 0 Å². The molecule has 0 atom stereocenters. The van der Waals surface area contributed by atoms with Crippen LogP contribution >= 0.6 is 0 Å². The van der Waals surface area contributed by atoms with E-state index in [0.717, 1.165) is 38.9 Å². The molecule has 0 amide bonds. The number of benzene rings is 2. The van der Waals surface area contributed by atoms with Crippen molar-refractivity contribution >= 4 is 21.9 Å². The lowest BCUT2D eigenvalue weighted by atomic mass is 9.84. The molecule has 0 saturated heterocycles. The second-order valence-corrected chi connectivity index (χ2v) is 9.31. The summed E-state index contributed by atoms with van der Waals surface area (Å²) in [5, 5.41) is 2.29. The lowest BCUT2D eigenvalue weighted by Crippen LogP contribution is -2.16. The molecule has 5 aromatic rings. The van der Waals surface area contributed by atoms with Crippen molar-refractivity contribution in [1.29, 1.82) is 0 Å². The SMILES string of the molecule is Cc1cnc(-c2c(C)ccc3c2oc2cc4c(cc23)C(C)(C)c2ncccc2-4)cc1C. The first-order valence-corrected chi connectivity index (χ1v) is 10.8. The third-order valence-electron chi connectivity index (χ3n) is 6.98. The molecule has 0 radical (unpaired) electrons. The van der Waals surface area contributed by atoms with Crippen molar-refractivity contribution in [3.8, 4) is 22.4 Å². The molecule has 3 heteroatoms. The molecule has 2 aromatic carbocycles. The maximum Gasteiger partial charge on any atom is 0.145 e. The molecule has 3 heterocycles. The first-order chi connectivity index (χ1) is 14.9. The van der Waals surface area contributed by atoms with E-state index in [1.165, 1.54) is 33.4 Å². The van der Waals surface area contributed by atoms with Crippen molar-refractivity contribution < 1.29 is 4.42 Å². The van der Waals surface area contributed by atoms with E-state index >= 15 is 0 Å². The molecule has 3 aromatic heterocycles. The summed E-state index contributed by atoms with van der Waals surface area (Å²) in [6.07, 6.45) is 3.84. The third kappa shape index (κ3) is 2.40. The quantitative estimate of drug-likeness (QED) is 0.295. The van der Waals surface area contributed by atoms with E-state index in [4.69, 9.17) is 14.4 Å². The molecule has 0 N–H and O–H groups in total. The number of rotatable bonds is 1. The van der Waals surface area contributed by atoms with Gasteiger partial charge in [-0.05, 0) is 72.9 Å². The zero-order valence-corrected chi connectivity index (χ0v) is 18.5. The van der Waals surface area contributed by atoms with Crippen LogP contribution in [0.25, 0.3) is 44.3 Å². The Morgan fingerprint density at radius 1 is 0.806 bits per heavy atom. The molecule has 152 valence electrons. The zero-order chi connectivity index (χ0) is 21.5. The Hall–Kier alpha value is -3.46. The minimum atomic E-state index is -0.132. The average molecular weight is 405 g/mol. The number of aromatic nitrogens is 2. The van der Waals surface area contributed by atoms with Gasteiger partial charge in [-0.3, -0.25) is 9.97 Å². The smallest absolute Gasteiger partial charge is 0.145 e. The van der Waals surface area contributed by atoms with Crippen LogP contribution in [0, 0.1) is 20.8 Å². The normalized spacial score (nSPS) is 14.2. The third-order valence-corrected chi connectivity index (χ3v) is 6.98. The van der Waals surface area contributed by atoms with Crippen LogP contribution in [0.2, 0.25) is 0 Å². The van der Waals surface area contributed by atoms with E-state index in [-0.39, 0.29) is 5.41 Å². The van der Waals surface area contributed by atoms with Gasteiger partial charge < -0.3 is 4.42 Å². The van der Waals surface area contributed by atoms with Crippen molar-refractivity contribution in [3.63, 3.8) is 0 Å². The zero-order valence-electron chi connectivity index (χ0n) is 18.5.